The number of benzene rings is 2. The van der Waals surface area contributed by atoms with Crippen molar-refractivity contribution in [3.05, 3.63) is 65.7 Å². The van der Waals surface area contributed by atoms with Gasteiger partial charge in [-0.3, -0.25) is 4.79 Å². The smallest absolute Gasteiger partial charge is 0.242 e. The zero-order valence-electron chi connectivity index (χ0n) is 13.5. The highest BCUT2D eigenvalue weighted by Gasteiger charge is 2.24. The van der Waals surface area contributed by atoms with Gasteiger partial charge >= 0.3 is 0 Å². The summed E-state index contributed by atoms with van der Waals surface area (Å²) in [4.78, 5) is 16.5. The van der Waals surface area contributed by atoms with Crippen LogP contribution < -0.4 is 10.6 Å². The molecule has 0 aromatic heterocycles. The maximum atomic E-state index is 12.6. The number of hydrogen-bond acceptors (Lipinski definition) is 3. The van der Waals surface area contributed by atoms with Crippen molar-refractivity contribution in [2.45, 2.75) is 19.0 Å². The molecule has 23 heavy (non-hydrogen) atoms. The first-order chi connectivity index (χ1) is 11.1. The highest BCUT2D eigenvalue weighted by molar-refractivity contribution is 5.82. The Morgan fingerprint density at radius 1 is 1.17 bits per heavy atom. The lowest BCUT2D eigenvalue weighted by Gasteiger charge is -2.35. The SMILES string of the molecule is CN(Cc1ccccc1)C(=O)CN1CC(N)Cc2ccccc21. The van der Waals surface area contributed by atoms with Gasteiger partial charge in [-0.25, -0.2) is 0 Å². The molecule has 0 aliphatic carbocycles. The van der Waals surface area contributed by atoms with Gasteiger partial charge in [-0.15, -0.1) is 0 Å². The van der Waals surface area contributed by atoms with Gasteiger partial charge in [-0.1, -0.05) is 48.5 Å². The molecule has 1 atom stereocenters. The van der Waals surface area contributed by atoms with Crippen molar-refractivity contribution >= 4 is 11.6 Å². The average Bonchev–Trinajstić information content (AvgIpc) is 2.55. The monoisotopic (exact) mass is 309 g/mol. The van der Waals surface area contributed by atoms with Gasteiger partial charge in [0, 0.05) is 31.9 Å². The lowest BCUT2D eigenvalue weighted by Crippen LogP contribution is -2.47. The second-order valence-corrected chi connectivity index (χ2v) is 6.21. The van der Waals surface area contributed by atoms with E-state index in [1.807, 2.05) is 49.5 Å². The van der Waals surface area contributed by atoms with Crippen LogP contribution in [0.3, 0.4) is 0 Å². The second-order valence-electron chi connectivity index (χ2n) is 6.21. The summed E-state index contributed by atoms with van der Waals surface area (Å²) in [5, 5.41) is 0. The summed E-state index contributed by atoms with van der Waals surface area (Å²) in [6.07, 6.45) is 0.876. The van der Waals surface area contributed by atoms with Crippen LogP contribution in [0.1, 0.15) is 11.1 Å². The molecule has 1 heterocycles. The summed E-state index contributed by atoms with van der Waals surface area (Å²) in [5.74, 6) is 0.109. The van der Waals surface area contributed by atoms with Crippen LogP contribution in [0.4, 0.5) is 5.69 Å². The molecule has 1 amide bonds. The predicted molar refractivity (Wildman–Crippen MR) is 93.3 cm³/mol. The van der Waals surface area contributed by atoms with Gasteiger partial charge in [0.15, 0.2) is 0 Å². The summed E-state index contributed by atoms with van der Waals surface area (Å²) in [6, 6.07) is 18.3. The number of nitrogens with zero attached hydrogens (tertiary/aromatic N) is 2. The predicted octanol–water partition coefficient (Wildman–Crippen LogP) is 2.03. The van der Waals surface area contributed by atoms with Crippen molar-refractivity contribution in [1.29, 1.82) is 0 Å². The zero-order chi connectivity index (χ0) is 16.2. The summed E-state index contributed by atoms with van der Waals surface area (Å²) in [6.45, 7) is 1.72. The van der Waals surface area contributed by atoms with E-state index in [1.165, 1.54) is 5.56 Å². The molecule has 1 aliphatic rings. The molecule has 0 spiro atoms. The molecule has 2 N–H and O–H groups in total. The molecular formula is C19H23N3O. The van der Waals surface area contributed by atoms with Crippen LogP contribution in [-0.4, -0.2) is 37.0 Å². The maximum absolute atomic E-state index is 12.6. The van der Waals surface area contributed by atoms with Gasteiger partial charge in [0.1, 0.15) is 0 Å². The molecule has 1 aliphatic heterocycles. The number of rotatable bonds is 4. The molecule has 0 fully saturated rings. The third-order valence-corrected chi connectivity index (χ3v) is 4.28. The first-order valence-electron chi connectivity index (χ1n) is 8.00. The Labute approximate surface area is 137 Å². The van der Waals surface area contributed by atoms with E-state index in [4.69, 9.17) is 5.73 Å². The molecule has 2 aromatic rings. The molecular weight excluding hydrogens is 286 g/mol. The van der Waals surface area contributed by atoms with E-state index in [9.17, 15) is 4.79 Å². The molecule has 0 radical (unpaired) electrons. The van der Waals surface area contributed by atoms with Gasteiger partial charge in [0.05, 0.1) is 6.54 Å². The van der Waals surface area contributed by atoms with Crippen LogP contribution in [0.5, 0.6) is 0 Å². The molecule has 2 aromatic carbocycles. The Bertz CT molecular complexity index is 671. The van der Waals surface area contributed by atoms with E-state index >= 15 is 0 Å². The molecule has 0 bridgehead atoms. The second kappa shape index (κ2) is 6.84. The number of para-hydroxylation sites is 1. The summed E-state index contributed by atoms with van der Waals surface area (Å²) >= 11 is 0. The fourth-order valence-electron chi connectivity index (χ4n) is 3.10. The van der Waals surface area contributed by atoms with Crippen LogP contribution in [0.25, 0.3) is 0 Å². The van der Waals surface area contributed by atoms with Gasteiger partial charge in [-0.2, -0.15) is 0 Å². The quantitative estimate of drug-likeness (QED) is 0.940. The van der Waals surface area contributed by atoms with E-state index < -0.39 is 0 Å². The third-order valence-electron chi connectivity index (χ3n) is 4.28. The third kappa shape index (κ3) is 3.71. The van der Waals surface area contributed by atoms with Crippen molar-refractivity contribution < 1.29 is 4.79 Å². The summed E-state index contributed by atoms with van der Waals surface area (Å²) in [7, 11) is 1.85. The minimum atomic E-state index is 0.0807. The van der Waals surface area contributed by atoms with Crippen molar-refractivity contribution in [2.75, 3.05) is 25.0 Å². The van der Waals surface area contributed by atoms with Crippen molar-refractivity contribution in [3.8, 4) is 0 Å². The number of likely N-dealkylation sites (N-methyl/N-ethyl adjacent to an activating group) is 1. The molecule has 4 nitrogen and oxygen atoms in total. The normalized spacial score (nSPS) is 16.8. The standard InChI is InChI=1S/C19H23N3O/c1-21(12-15-7-3-2-4-8-15)19(23)14-22-13-17(20)11-16-9-5-6-10-18(16)22/h2-10,17H,11-14,20H2,1H3. The van der Waals surface area contributed by atoms with E-state index in [0.29, 0.717) is 13.1 Å². The minimum Gasteiger partial charge on any atom is -0.360 e. The van der Waals surface area contributed by atoms with Crippen molar-refractivity contribution in [3.63, 3.8) is 0 Å². The van der Waals surface area contributed by atoms with Gasteiger partial charge in [0.2, 0.25) is 5.91 Å². The highest BCUT2D eigenvalue weighted by Crippen LogP contribution is 2.26. The topological polar surface area (TPSA) is 49.6 Å². The van der Waals surface area contributed by atoms with E-state index in [0.717, 1.165) is 24.2 Å². The van der Waals surface area contributed by atoms with Crippen LogP contribution in [0.15, 0.2) is 54.6 Å². The molecule has 0 saturated carbocycles. The first kappa shape index (κ1) is 15.6. The lowest BCUT2D eigenvalue weighted by molar-refractivity contribution is -0.129. The van der Waals surface area contributed by atoms with Crippen molar-refractivity contribution in [2.24, 2.45) is 5.73 Å². The average molecular weight is 309 g/mol. The van der Waals surface area contributed by atoms with Crippen molar-refractivity contribution in [1.82, 2.24) is 4.90 Å². The van der Waals surface area contributed by atoms with Gasteiger partial charge in [0.25, 0.3) is 0 Å². The van der Waals surface area contributed by atoms with Crippen LogP contribution in [-0.2, 0) is 17.8 Å². The Morgan fingerprint density at radius 3 is 2.65 bits per heavy atom. The molecule has 120 valence electrons. The Hall–Kier alpha value is -2.33. The maximum Gasteiger partial charge on any atom is 0.242 e. The lowest BCUT2D eigenvalue weighted by atomic mass is 9.98. The van der Waals surface area contributed by atoms with E-state index in [-0.39, 0.29) is 11.9 Å². The fourth-order valence-corrected chi connectivity index (χ4v) is 3.10. The highest BCUT2D eigenvalue weighted by atomic mass is 16.2. The molecule has 1 unspecified atom stereocenters. The summed E-state index contributed by atoms with van der Waals surface area (Å²) < 4.78 is 0. The fraction of sp³-hybridized carbons (Fsp3) is 0.316. The van der Waals surface area contributed by atoms with Crippen LogP contribution in [0.2, 0.25) is 0 Å². The first-order valence-corrected chi connectivity index (χ1v) is 8.00. The van der Waals surface area contributed by atoms with E-state index in [1.54, 1.807) is 4.90 Å². The zero-order valence-corrected chi connectivity index (χ0v) is 13.5. The Kier molecular flexibility index (Phi) is 4.63. The Balaban J connectivity index is 1.68. The van der Waals surface area contributed by atoms with Gasteiger partial charge < -0.3 is 15.5 Å². The van der Waals surface area contributed by atoms with E-state index in [2.05, 4.69) is 17.0 Å². The number of nitrogens with two attached hydrogens (primary N) is 1. The number of carbonyl (C=O) groups excluding carboxylic acids is 1. The van der Waals surface area contributed by atoms with Gasteiger partial charge in [-0.05, 0) is 23.6 Å². The number of carbonyl (C=O) groups is 1. The number of hydrogen-bond donors (Lipinski definition) is 1. The number of anilines is 1. The molecule has 4 heteroatoms. The molecule has 3 rings (SSSR count). The largest absolute Gasteiger partial charge is 0.360 e. The molecule has 0 saturated heterocycles. The number of fused-ring (bicyclic) bond motifs is 1. The Morgan fingerprint density at radius 2 is 1.87 bits per heavy atom. The van der Waals surface area contributed by atoms with Crippen LogP contribution in [0, 0.1) is 0 Å². The minimum absolute atomic E-state index is 0.0807. The van der Waals surface area contributed by atoms with Crippen LogP contribution >= 0.6 is 0 Å². The number of amides is 1. The summed E-state index contributed by atoms with van der Waals surface area (Å²) in [5.41, 5.74) is 9.65.